The van der Waals surface area contributed by atoms with Gasteiger partial charge in [0.05, 0.1) is 23.3 Å². The number of hydrogen-bond acceptors (Lipinski definition) is 5. The molecule has 1 rings (SSSR count). The topological polar surface area (TPSA) is 79.2 Å². The maximum atomic E-state index is 11.4. The Kier molecular flexibility index (Phi) is 3.74. The van der Waals surface area contributed by atoms with E-state index in [4.69, 9.17) is 10.00 Å². The van der Waals surface area contributed by atoms with Crippen LogP contribution in [0.15, 0.2) is 10.6 Å². The summed E-state index contributed by atoms with van der Waals surface area (Å²) in [4.78, 5) is 22.7. The van der Waals surface area contributed by atoms with E-state index in [-0.39, 0.29) is 23.6 Å². The largest absolute Gasteiger partial charge is 0.465 e. The standard InChI is InChI=1S/C9H10N2O3S/c1-2-14-9(13)6-3-5(4-10)8(15)11-7(6)12/h6,15H,2-3H2,1H3,(H,11,12). The first kappa shape index (κ1) is 11.6. The molecule has 80 valence electrons. The number of ether oxygens (including phenoxy) is 1. The van der Waals surface area contributed by atoms with Gasteiger partial charge in [0.15, 0.2) is 0 Å². The third kappa shape index (κ3) is 2.50. The molecule has 0 saturated heterocycles. The molecule has 1 atom stereocenters. The van der Waals surface area contributed by atoms with Gasteiger partial charge >= 0.3 is 5.97 Å². The van der Waals surface area contributed by atoms with Gasteiger partial charge in [0.1, 0.15) is 5.92 Å². The number of amides is 1. The van der Waals surface area contributed by atoms with Crippen molar-refractivity contribution in [3.8, 4) is 6.07 Å². The van der Waals surface area contributed by atoms with Gasteiger partial charge in [0, 0.05) is 6.42 Å². The van der Waals surface area contributed by atoms with Crippen LogP contribution in [0.25, 0.3) is 0 Å². The zero-order chi connectivity index (χ0) is 11.4. The van der Waals surface area contributed by atoms with Crippen molar-refractivity contribution in [1.29, 1.82) is 5.26 Å². The Hall–Kier alpha value is -1.48. The van der Waals surface area contributed by atoms with E-state index in [2.05, 4.69) is 17.9 Å². The second-order valence-corrected chi connectivity index (χ2v) is 3.38. The molecule has 1 amide bonds. The van der Waals surface area contributed by atoms with Gasteiger partial charge in [-0.1, -0.05) is 0 Å². The Bertz CT molecular complexity index is 370. The van der Waals surface area contributed by atoms with Crippen LogP contribution in [0.1, 0.15) is 13.3 Å². The second-order valence-electron chi connectivity index (χ2n) is 2.94. The fourth-order valence-electron chi connectivity index (χ4n) is 1.20. The van der Waals surface area contributed by atoms with E-state index in [1.54, 1.807) is 6.92 Å². The lowest BCUT2D eigenvalue weighted by Crippen LogP contribution is -2.39. The minimum absolute atomic E-state index is 0.0556. The van der Waals surface area contributed by atoms with Crippen LogP contribution in [0.4, 0.5) is 0 Å². The summed E-state index contributed by atoms with van der Waals surface area (Å²) in [6, 6.07) is 1.88. The van der Waals surface area contributed by atoms with Crippen molar-refractivity contribution in [3.05, 3.63) is 10.6 Å². The molecular weight excluding hydrogens is 216 g/mol. The molecule has 0 aromatic rings. The van der Waals surface area contributed by atoms with Crippen LogP contribution in [0.2, 0.25) is 0 Å². The second kappa shape index (κ2) is 4.84. The maximum absolute atomic E-state index is 11.4. The molecule has 5 nitrogen and oxygen atoms in total. The van der Waals surface area contributed by atoms with E-state index < -0.39 is 17.8 Å². The third-order valence-corrected chi connectivity index (χ3v) is 2.34. The smallest absolute Gasteiger partial charge is 0.318 e. The first-order valence-electron chi connectivity index (χ1n) is 4.39. The van der Waals surface area contributed by atoms with E-state index >= 15 is 0 Å². The highest BCUT2D eigenvalue weighted by Crippen LogP contribution is 2.22. The number of nitrogens with one attached hydrogen (secondary N) is 1. The number of carbonyl (C=O) groups excluding carboxylic acids is 2. The highest BCUT2D eigenvalue weighted by Gasteiger charge is 2.33. The first-order valence-corrected chi connectivity index (χ1v) is 4.84. The molecule has 1 aliphatic rings. The molecule has 0 fully saturated rings. The van der Waals surface area contributed by atoms with Crippen molar-refractivity contribution in [2.75, 3.05) is 6.61 Å². The molecule has 0 spiro atoms. The summed E-state index contributed by atoms with van der Waals surface area (Å²) >= 11 is 3.93. The van der Waals surface area contributed by atoms with Crippen LogP contribution >= 0.6 is 12.6 Å². The molecule has 0 radical (unpaired) electrons. The van der Waals surface area contributed by atoms with Gasteiger partial charge in [-0.3, -0.25) is 9.59 Å². The van der Waals surface area contributed by atoms with Gasteiger partial charge in [-0.2, -0.15) is 5.26 Å². The van der Waals surface area contributed by atoms with Gasteiger partial charge in [-0.05, 0) is 6.92 Å². The molecular formula is C9H10N2O3S. The van der Waals surface area contributed by atoms with Crippen LogP contribution in [0.3, 0.4) is 0 Å². The molecule has 0 aromatic heterocycles. The number of nitrogens with zero attached hydrogens (tertiary/aromatic N) is 1. The molecule has 1 aliphatic heterocycles. The zero-order valence-electron chi connectivity index (χ0n) is 8.11. The van der Waals surface area contributed by atoms with Gasteiger partial charge in [-0.25, -0.2) is 0 Å². The highest BCUT2D eigenvalue weighted by molar-refractivity contribution is 7.84. The summed E-state index contributed by atoms with van der Waals surface area (Å²) in [7, 11) is 0. The molecule has 0 aliphatic carbocycles. The van der Waals surface area contributed by atoms with E-state index in [1.807, 2.05) is 6.07 Å². The van der Waals surface area contributed by atoms with Crippen molar-refractivity contribution in [1.82, 2.24) is 5.32 Å². The minimum Gasteiger partial charge on any atom is -0.465 e. The summed E-state index contributed by atoms with van der Waals surface area (Å²) in [6.45, 7) is 1.87. The fraction of sp³-hybridized carbons (Fsp3) is 0.444. The molecule has 0 aromatic carbocycles. The van der Waals surface area contributed by atoms with Crippen molar-refractivity contribution < 1.29 is 14.3 Å². The number of nitriles is 1. The highest BCUT2D eigenvalue weighted by atomic mass is 32.1. The molecule has 6 heteroatoms. The van der Waals surface area contributed by atoms with Crippen molar-refractivity contribution in [3.63, 3.8) is 0 Å². The predicted octanol–water partition coefficient (Wildman–Crippen LogP) is 0.351. The van der Waals surface area contributed by atoms with Crippen molar-refractivity contribution in [2.24, 2.45) is 5.92 Å². The summed E-state index contributed by atoms with van der Waals surface area (Å²) in [5.41, 5.74) is 0.288. The number of carbonyl (C=O) groups is 2. The summed E-state index contributed by atoms with van der Waals surface area (Å²) in [5, 5.41) is 11.3. The molecule has 0 bridgehead atoms. The van der Waals surface area contributed by atoms with Gasteiger partial charge in [0.2, 0.25) is 5.91 Å². The van der Waals surface area contributed by atoms with Crippen LogP contribution in [-0.2, 0) is 14.3 Å². The molecule has 15 heavy (non-hydrogen) atoms. The normalized spacial score (nSPS) is 20.6. The van der Waals surface area contributed by atoms with Gasteiger partial charge in [0.25, 0.3) is 0 Å². The summed E-state index contributed by atoms with van der Waals surface area (Å²) < 4.78 is 4.72. The number of hydrogen-bond donors (Lipinski definition) is 2. The molecule has 1 unspecified atom stereocenters. The van der Waals surface area contributed by atoms with E-state index in [9.17, 15) is 9.59 Å². The van der Waals surface area contributed by atoms with Crippen LogP contribution in [0.5, 0.6) is 0 Å². The Morgan fingerprint density at radius 1 is 1.80 bits per heavy atom. The number of allylic oxidation sites excluding steroid dienone is 1. The van der Waals surface area contributed by atoms with Crippen LogP contribution in [-0.4, -0.2) is 18.5 Å². The monoisotopic (exact) mass is 226 g/mol. The molecule has 1 N–H and O–H groups in total. The average Bonchev–Trinajstić information content (AvgIpc) is 2.18. The summed E-state index contributed by atoms with van der Waals surface area (Å²) in [5.74, 6) is -2.02. The van der Waals surface area contributed by atoms with E-state index in [0.29, 0.717) is 0 Å². The SMILES string of the molecule is CCOC(=O)C1CC(C#N)=C(S)NC1=O. The Balaban J connectivity index is 2.83. The van der Waals surface area contributed by atoms with E-state index in [0.717, 1.165) is 0 Å². The Morgan fingerprint density at radius 2 is 2.47 bits per heavy atom. The number of rotatable bonds is 2. The van der Waals surface area contributed by atoms with Gasteiger partial charge < -0.3 is 10.1 Å². The number of thiol groups is 1. The maximum Gasteiger partial charge on any atom is 0.318 e. The predicted molar refractivity (Wildman–Crippen MR) is 54.5 cm³/mol. The fourth-order valence-corrected chi connectivity index (χ4v) is 1.46. The lowest BCUT2D eigenvalue weighted by molar-refractivity contribution is -0.152. The number of esters is 1. The lowest BCUT2D eigenvalue weighted by atomic mass is 9.97. The quantitative estimate of drug-likeness (QED) is 0.404. The van der Waals surface area contributed by atoms with Crippen molar-refractivity contribution >= 4 is 24.5 Å². The Labute approximate surface area is 92.5 Å². The minimum atomic E-state index is -0.935. The van der Waals surface area contributed by atoms with Gasteiger partial charge in [-0.15, -0.1) is 12.6 Å². The van der Waals surface area contributed by atoms with E-state index in [1.165, 1.54) is 0 Å². The Morgan fingerprint density at radius 3 is 3.00 bits per heavy atom. The lowest BCUT2D eigenvalue weighted by Gasteiger charge is -2.20. The zero-order valence-corrected chi connectivity index (χ0v) is 9.01. The average molecular weight is 226 g/mol. The van der Waals surface area contributed by atoms with Crippen molar-refractivity contribution in [2.45, 2.75) is 13.3 Å². The first-order chi connectivity index (χ1) is 7.10. The van der Waals surface area contributed by atoms with Crippen LogP contribution in [0, 0.1) is 17.2 Å². The third-order valence-electron chi connectivity index (χ3n) is 1.96. The molecule has 0 saturated carbocycles. The molecule has 1 heterocycles. The van der Waals surface area contributed by atoms with Crippen LogP contribution < -0.4 is 5.32 Å². The summed E-state index contributed by atoms with van der Waals surface area (Å²) in [6.07, 6.45) is 0.0556.